The van der Waals surface area contributed by atoms with Crippen LogP contribution in [-0.4, -0.2) is 0 Å². The summed E-state index contributed by atoms with van der Waals surface area (Å²) in [7, 11) is 0. The molecule has 1 atom stereocenters. The lowest BCUT2D eigenvalue weighted by atomic mass is 10.0. The Balaban J connectivity index is 2.22. The third-order valence-corrected chi connectivity index (χ3v) is 4.11. The van der Waals surface area contributed by atoms with Crippen LogP contribution in [0.3, 0.4) is 0 Å². The van der Waals surface area contributed by atoms with Crippen molar-refractivity contribution in [3.63, 3.8) is 0 Å². The first-order valence-electron chi connectivity index (χ1n) is 6.88. The van der Waals surface area contributed by atoms with Gasteiger partial charge in [0, 0.05) is 15.2 Å². The Kier molecular flexibility index (Phi) is 5.50. The van der Waals surface area contributed by atoms with Gasteiger partial charge in [-0.3, -0.25) is 0 Å². The Morgan fingerprint density at radius 3 is 2.45 bits per heavy atom. The zero-order chi connectivity index (χ0) is 14.5. The van der Waals surface area contributed by atoms with Crippen molar-refractivity contribution in [1.29, 1.82) is 0 Å². The Bertz CT molecular complexity index is 566. The minimum Gasteiger partial charge on any atom is -0.378 e. The van der Waals surface area contributed by atoms with Crippen LogP contribution in [0.25, 0.3) is 0 Å². The van der Waals surface area contributed by atoms with Crippen molar-refractivity contribution < 1.29 is 0 Å². The maximum absolute atomic E-state index is 5.97. The number of benzene rings is 2. The number of aryl methyl sites for hydroxylation is 1. The maximum Gasteiger partial charge on any atom is 0.0513 e. The standard InChI is InChI=1S/C17H19BrClN/c1-3-4-17(13-5-8-15(19)9-6-13)20-16-10-7-14(18)11-12(16)2/h5-11,17,20H,3-4H2,1-2H3. The van der Waals surface area contributed by atoms with Gasteiger partial charge in [0.05, 0.1) is 6.04 Å². The van der Waals surface area contributed by atoms with Crippen molar-refractivity contribution >= 4 is 33.2 Å². The number of halogens is 2. The third-order valence-electron chi connectivity index (χ3n) is 3.37. The van der Waals surface area contributed by atoms with E-state index in [1.165, 1.54) is 16.8 Å². The smallest absolute Gasteiger partial charge is 0.0513 e. The molecule has 0 saturated heterocycles. The minimum atomic E-state index is 0.317. The van der Waals surface area contributed by atoms with E-state index in [-0.39, 0.29) is 0 Å². The van der Waals surface area contributed by atoms with E-state index in [2.05, 4.69) is 65.4 Å². The van der Waals surface area contributed by atoms with E-state index in [9.17, 15) is 0 Å². The second-order valence-electron chi connectivity index (χ2n) is 5.00. The van der Waals surface area contributed by atoms with Crippen molar-refractivity contribution in [2.45, 2.75) is 32.7 Å². The first kappa shape index (κ1) is 15.4. The minimum absolute atomic E-state index is 0.317. The van der Waals surface area contributed by atoms with Gasteiger partial charge in [0.2, 0.25) is 0 Å². The molecule has 2 rings (SSSR count). The topological polar surface area (TPSA) is 12.0 Å². The molecule has 0 radical (unpaired) electrons. The summed E-state index contributed by atoms with van der Waals surface area (Å²) in [6, 6.07) is 14.8. The van der Waals surface area contributed by atoms with E-state index >= 15 is 0 Å². The highest BCUT2D eigenvalue weighted by atomic mass is 79.9. The van der Waals surface area contributed by atoms with Crippen LogP contribution in [0, 0.1) is 6.92 Å². The molecule has 1 N–H and O–H groups in total. The van der Waals surface area contributed by atoms with Crippen molar-refractivity contribution in [3.8, 4) is 0 Å². The summed E-state index contributed by atoms with van der Waals surface area (Å²) >= 11 is 9.47. The molecule has 0 aromatic heterocycles. The van der Waals surface area contributed by atoms with E-state index in [1.54, 1.807) is 0 Å². The van der Waals surface area contributed by atoms with Gasteiger partial charge in [-0.2, -0.15) is 0 Å². The number of anilines is 1. The van der Waals surface area contributed by atoms with Crippen molar-refractivity contribution in [2.24, 2.45) is 0 Å². The highest BCUT2D eigenvalue weighted by Gasteiger charge is 2.11. The second kappa shape index (κ2) is 7.14. The van der Waals surface area contributed by atoms with Crippen molar-refractivity contribution in [2.75, 3.05) is 5.32 Å². The molecule has 0 heterocycles. The maximum atomic E-state index is 5.97. The molecule has 0 amide bonds. The van der Waals surface area contributed by atoms with Gasteiger partial charge in [-0.15, -0.1) is 0 Å². The summed E-state index contributed by atoms with van der Waals surface area (Å²) in [5, 5.41) is 4.43. The normalized spacial score (nSPS) is 12.2. The number of rotatable bonds is 5. The molecule has 3 heteroatoms. The summed E-state index contributed by atoms with van der Waals surface area (Å²) in [4.78, 5) is 0. The summed E-state index contributed by atoms with van der Waals surface area (Å²) in [6.07, 6.45) is 2.23. The highest BCUT2D eigenvalue weighted by Crippen LogP contribution is 2.28. The van der Waals surface area contributed by atoms with Gasteiger partial charge in [0.15, 0.2) is 0 Å². The van der Waals surface area contributed by atoms with E-state index in [1.807, 2.05) is 12.1 Å². The van der Waals surface area contributed by atoms with Gasteiger partial charge in [-0.25, -0.2) is 0 Å². The molecule has 0 aliphatic carbocycles. The van der Waals surface area contributed by atoms with Crippen LogP contribution in [0.15, 0.2) is 46.9 Å². The van der Waals surface area contributed by atoms with E-state index in [0.717, 1.165) is 22.3 Å². The van der Waals surface area contributed by atoms with E-state index < -0.39 is 0 Å². The van der Waals surface area contributed by atoms with Crippen LogP contribution in [0.2, 0.25) is 5.02 Å². The molecule has 0 aliphatic rings. The molecular weight excluding hydrogens is 334 g/mol. The highest BCUT2D eigenvalue weighted by molar-refractivity contribution is 9.10. The monoisotopic (exact) mass is 351 g/mol. The largest absolute Gasteiger partial charge is 0.378 e. The quantitative estimate of drug-likeness (QED) is 0.659. The number of nitrogens with one attached hydrogen (secondary N) is 1. The van der Waals surface area contributed by atoms with Gasteiger partial charge >= 0.3 is 0 Å². The first-order valence-corrected chi connectivity index (χ1v) is 8.05. The SMILES string of the molecule is CCCC(Nc1ccc(Br)cc1C)c1ccc(Cl)cc1. The lowest BCUT2D eigenvalue weighted by Crippen LogP contribution is -2.11. The zero-order valence-corrected chi connectivity index (χ0v) is 14.1. The third kappa shape index (κ3) is 4.00. The molecule has 20 heavy (non-hydrogen) atoms. The van der Waals surface area contributed by atoms with Gasteiger partial charge in [-0.05, 0) is 54.8 Å². The predicted octanol–water partition coefficient (Wildman–Crippen LogP) is 6.36. The lowest BCUT2D eigenvalue weighted by molar-refractivity contribution is 0.677. The van der Waals surface area contributed by atoms with Crippen molar-refractivity contribution in [1.82, 2.24) is 0 Å². The molecule has 0 spiro atoms. The Morgan fingerprint density at radius 1 is 1.15 bits per heavy atom. The zero-order valence-electron chi connectivity index (χ0n) is 11.8. The van der Waals surface area contributed by atoms with Gasteiger partial charge in [-0.1, -0.05) is 53.0 Å². The molecule has 1 unspecified atom stereocenters. The molecular formula is C17H19BrClN. The average molecular weight is 353 g/mol. The van der Waals surface area contributed by atoms with Crippen LogP contribution >= 0.6 is 27.5 Å². The summed E-state index contributed by atoms with van der Waals surface area (Å²) in [6.45, 7) is 4.33. The van der Waals surface area contributed by atoms with Gasteiger partial charge in [0.25, 0.3) is 0 Å². The molecule has 2 aromatic carbocycles. The fourth-order valence-electron chi connectivity index (χ4n) is 2.28. The molecule has 0 bridgehead atoms. The summed E-state index contributed by atoms with van der Waals surface area (Å²) in [5.74, 6) is 0. The lowest BCUT2D eigenvalue weighted by Gasteiger charge is -2.21. The number of hydrogen-bond acceptors (Lipinski definition) is 1. The molecule has 0 fully saturated rings. The average Bonchev–Trinajstić information content (AvgIpc) is 2.42. The molecule has 106 valence electrons. The Morgan fingerprint density at radius 2 is 1.85 bits per heavy atom. The van der Waals surface area contributed by atoms with Crippen LogP contribution in [0.1, 0.15) is 36.9 Å². The second-order valence-corrected chi connectivity index (χ2v) is 6.35. The summed E-state index contributed by atoms with van der Waals surface area (Å²) in [5.41, 5.74) is 3.70. The van der Waals surface area contributed by atoms with E-state index in [0.29, 0.717) is 6.04 Å². The van der Waals surface area contributed by atoms with Crippen LogP contribution in [0.5, 0.6) is 0 Å². The molecule has 1 nitrogen and oxygen atoms in total. The van der Waals surface area contributed by atoms with Crippen LogP contribution < -0.4 is 5.32 Å². The fourth-order valence-corrected chi connectivity index (χ4v) is 2.88. The Labute approximate surface area is 134 Å². The molecule has 0 aliphatic heterocycles. The van der Waals surface area contributed by atoms with Crippen LogP contribution in [-0.2, 0) is 0 Å². The van der Waals surface area contributed by atoms with E-state index in [4.69, 9.17) is 11.6 Å². The number of hydrogen-bond donors (Lipinski definition) is 1. The first-order chi connectivity index (χ1) is 9.60. The molecule has 0 saturated carbocycles. The molecule has 2 aromatic rings. The Hall–Kier alpha value is -0.990. The van der Waals surface area contributed by atoms with Crippen molar-refractivity contribution in [3.05, 3.63) is 63.1 Å². The fraction of sp³-hybridized carbons (Fsp3) is 0.294. The van der Waals surface area contributed by atoms with Crippen LogP contribution in [0.4, 0.5) is 5.69 Å². The van der Waals surface area contributed by atoms with Gasteiger partial charge < -0.3 is 5.32 Å². The summed E-state index contributed by atoms with van der Waals surface area (Å²) < 4.78 is 1.11. The van der Waals surface area contributed by atoms with Gasteiger partial charge in [0.1, 0.15) is 0 Å². The predicted molar refractivity (Wildman–Crippen MR) is 91.6 cm³/mol.